The molecule has 0 radical (unpaired) electrons. The van der Waals surface area contributed by atoms with E-state index >= 15 is 0 Å². The van der Waals surface area contributed by atoms with E-state index in [1.165, 1.54) is 0 Å². The molecule has 0 bridgehead atoms. The molecule has 0 saturated carbocycles. The molecule has 4 heteroatoms. The Morgan fingerprint density at radius 1 is 1.26 bits per heavy atom. The van der Waals surface area contributed by atoms with Crippen LogP contribution in [-0.4, -0.2) is 37.3 Å². The van der Waals surface area contributed by atoms with Crippen molar-refractivity contribution in [3.63, 3.8) is 0 Å². The first kappa shape index (κ1) is 16.7. The minimum Gasteiger partial charge on any atom is -0.414 e. The second-order valence-corrected chi connectivity index (χ2v) is 12.4. The quantitative estimate of drug-likeness (QED) is 0.492. The average molecular weight is 284 g/mol. The van der Waals surface area contributed by atoms with Gasteiger partial charge in [-0.25, -0.2) is 0 Å². The largest absolute Gasteiger partial charge is 0.414 e. The zero-order chi connectivity index (χ0) is 15.1. The van der Waals surface area contributed by atoms with Gasteiger partial charge in [0.25, 0.3) is 0 Å². The summed E-state index contributed by atoms with van der Waals surface area (Å²) < 4.78 is 11.7. The zero-order valence-corrected chi connectivity index (χ0v) is 14.5. The topological polar surface area (TPSA) is 42.0 Å². The molecule has 1 aliphatic rings. The van der Waals surface area contributed by atoms with Crippen LogP contribution in [0.3, 0.4) is 0 Å². The maximum absolute atomic E-state index is 9.61. The lowest BCUT2D eigenvalue weighted by Gasteiger charge is -2.36. The lowest BCUT2D eigenvalue weighted by atomic mass is 10.1. The molecule has 0 aromatic heterocycles. The van der Waals surface area contributed by atoms with Crippen LogP contribution in [0.25, 0.3) is 0 Å². The molecular weight excluding hydrogens is 256 g/mol. The Balaban J connectivity index is 2.53. The summed E-state index contributed by atoms with van der Waals surface area (Å²) in [4.78, 5) is 0. The Hall–Kier alpha value is -0.343. The number of ether oxygens (including phenoxy) is 1. The molecule has 19 heavy (non-hydrogen) atoms. The van der Waals surface area contributed by atoms with Crippen molar-refractivity contribution in [2.24, 2.45) is 0 Å². The molecule has 1 heterocycles. The summed E-state index contributed by atoms with van der Waals surface area (Å²) in [5, 5.41) is 9.81. The van der Waals surface area contributed by atoms with E-state index in [0.29, 0.717) is 6.61 Å². The van der Waals surface area contributed by atoms with Gasteiger partial charge >= 0.3 is 0 Å². The average Bonchev–Trinajstić information content (AvgIpc) is 2.82. The molecule has 1 N–H and O–H groups in total. The smallest absolute Gasteiger partial charge is 0.192 e. The number of hydrogen-bond acceptors (Lipinski definition) is 3. The van der Waals surface area contributed by atoms with Crippen molar-refractivity contribution in [2.75, 3.05) is 6.61 Å². The SMILES string of the molecule is CC(C)(O)C#C[C@@]1(C)O[C@H]1CO[Si](C)(C)C(C)(C)C. The predicted molar refractivity (Wildman–Crippen MR) is 80.5 cm³/mol. The summed E-state index contributed by atoms with van der Waals surface area (Å²) in [7, 11) is -1.73. The van der Waals surface area contributed by atoms with Gasteiger partial charge in [-0.15, -0.1) is 0 Å². The van der Waals surface area contributed by atoms with Crippen molar-refractivity contribution in [3.05, 3.63) is 0 Å². The van der Waals surface area contributed by atoms with E-state index in [-0.39, 0.29) is 11.1 Å². The van der Waals surface area contributed by atoms with Gasteiger partial charge in [0.15, 0.2) is 13.9 Å². The summed E-state index contributed by atoms with van der Waals surface area (Å²) in [5.41, 5.74) is -1.43. The third-order valence-corrected chi connectivity index (χ3v) is 8.46. The molecule has 0 aromatic carbocycles. The van der Waals surface area contributed by atoms with Crippen molar-refractivity contribution in [1.82, 2.24) is 0 Å². The van der Waals surface area contributed by atoms with Crippen LogP contribution in [0.2, 0.25) is 18.1 Å². The molecule has 0 aliphatic carbocycles. The van der Waals surface area contributed by atoms with Crippen molar-refractivity contribution in [3.8, 4) is 11.8 Å². The highest BCUT2D eigenvalue weighted by Crippen LogP contribution is 2.40. The highest BCUT2D eigenvalue weighted by Gasteiger charge is 2.52. The van der Waals surface area contributed by atoms with E-state index in [1.807, 2.05) is 6.92 Å². The van der Waals surface area contributed by atoms with Gasteiger partial charge in [0, 0.05) is 0 Å². The molecule has 3 nitrogen and oxygen atoms in total. The number of rotatable bonds is 3. The second-order valence-electron chi connectivity index (χ2n) is 7.59. The van der Waals surface area contributed by atoms with E-state index in [1.54, 1.807) is 13.8 Å². The summed E-state index contributed by atoms with van der Waals surface area (Å²) in [6.45, 7) is 17.0. The Morgan fingerprint density at radius 3 is 2.21 bits per heavy atom. The molecule has 0 unspecified atom stereocenters. The molecule has 1 aliphatic heterocycles. The van der Waals surface area contributed by atoms with E-state index in [4.69, 9.17) is 9.16 Å². The van der Waals surface area contributed by atoms with Crippen LogP contribution in [-0.2, 0) is 9.16 Å². The van der Waals surface area contributed by atoms with Gasteiger partial charge < -0.3 is 14.3 Å². The van der Waals surface area contributed by atoms with Crippen LogP contribution in [0.1, 0.15) is 41.5 Å². The molecular formula is C15H28O3Si. The fourth-order valence-electron chi connectivity index (χ4n) is 1.34. The van der Waals surface area contributed by atoms with Crippen LogP contribution >= 0.6 is 0 Å². The van der Waals surface area contributed by atoms with Gasteiger partial charge in [-0.1, -0.05) is 32.6 Å². The molecule has 0 spiro atoms. The minimum absolute atomic E-state index is 0.0245. The van der Waals surface area contributed by atoms with E-state index in [2.05, 4.69) is 45.7 Å². The maximum Gasteiger partial charge on any atom is 0.192 e. The van der Waals surface area contributed by atoms with Gasteiger partial charge in [0.2, 0.25) is 0 Å². The predicted octanol–water partition coefficient (Wildman–Crippen LogP) is 2.94. The van der Waals surface area contributed by atoms with Crippen LogP contribution in [0.4, 0.5) is 0 Å². The van der Waals surface area contributed by atoms with Gasteiger partial charge in [0.1, 0.15) is 11.7 Å². The third-order valence-electron chi connectivity index (χ3n) is 3.96. The normalized spacial score (nSPS) is 27.7. The highest BCUT2D eigenvalue weighted by atomic mass is 28.4. The van der Waals surface area contributed by atoms with Crippen molar-refractivity contribution < 1.29 is 14.3 Å². The first-order valence-electron chi connectivity index (χ1n) is 6.85. The third kappa shape index (κ3) is 4.61. The number of hydrogen-bond donors (Lipinski definition) is 1. The second kappa shape index (κ2) is 4.89. The fourth-order valence-corrected chi connectivity index (χ4v) is 2.34. The van der Waals surface area contributed by atoms with Crippen molar-refractivity contribution >= 4 is 8.32 Å². The molecule has 2 atom stereocenters. The summed E-state index contributed by atoms with van der Waals surface area (Å²) in [6, 6.07) is 0. The monoisotopic (exact) mass is 284 g/mol. The maximum atomic E-state index is 9.61. The summed E-state index contributed by atoms with van der Waals surface area (Å²) >= 11 is 0. The molecule has 1 fully saturated rings. The van der Waals surface area contributed by atoms with E-state index < -0.39 is 19.5 Å². The molecule has 0 amide bonds. The molecule has 0 aromatic rings. The van der Waals surface area contributed by atoms with E-state index in [0.717, 1.165) is 0 Å². The Labute approximate surface area is 118 Å². The number of epoxide rings is 1. The highest BCUT2D eigenvalue weighted by molar-refractivity contribution is 6.74. The summed E-state index contributed by atoms with van der Waals surface area (Å²) in [5.74, 6) is 5.83. The van der Waals surface area contributed by atoms with E-state index in [9.17, 15) is 5.11 Å². The molecule has 1 rings (SSSR count). The minimum atomic E-state index is -1.73. The molecule has 1 saturated heterocycles. The van der Waals surface area contributed by atoms with Gasteiger partial charge in [-0.3, -0.25) is 0 Å². The van der Waals surface area contributed by atoms with Crippen LogP contribution < -0.4 is 0 Å². The lowest BCUT2D eigenvalue weighted by molar-refractivity contribution is 0.143. The Kier molecular flexibility index (Phi) is 4.30. The fraction of sp³-hybridized carbons (Fsp3) is 0.867. The summed E-state index contributed by atoms with van der Waals surface area (Å²) in [6.07, 6.45) is 0.0245. The Bertz CT molecular complexity index is 392. The number of aliphatic hydroxyl groups is 1. The van der Waals surface area contributed by atoms with Gasteiger partial charge in [-0.2, -0.15) is 0 Å². The first-order valence-corrected chi connectivity index (χ1v) is 9.76. The molecule has 110 valence electrons. The van der Waals surface area contributed by atoms with Crippen LogP contribution in [0.15, 0.2) is 0 Å². The first-order chi connectivity index (χ1) is 8.27. The van der Waals surface area contributed by atoms with Crippen molar-refractivity contribution in [1.29, 1.82) is 0 Å². The standard InChI is InChI=1S/C15H28O3Si/c1-13(2,3)19(7,8)17-11-12-15(6,18-12)10-9-14(4,5)16/h12,16H,11H2,1-8H3/t12-,15+/m0/s1. The van der Waals surface area contributed by atoms with Gasteiger partial charge in [0.05, 0.1) is 6.61 Å². The van der Waals surface area contributed by atoms with Crippen molar-refractivity contribution in [2.45, 2.75) is 77.0 Å². The zero-order valence-electron chi connectivity index (χ0n) is 13.5. The lowest BCUT2D eigenvalue weighted by Crippen LogP contribution is -2.42. The van der Waals surface area contributed by atoms with Crippen LogP contribution in [0.5, 0.6) is 0 Å². The Morgan fingerprint density at radius 2 is 1.79 bits per heavy atom. The van der Waals surface area contributed by atoms with Crippen LogP contribution in [0, 0.1) is 11.8 Å². The van der Waals surface area contributed by atoms with Gasteiger partial charge in [-0.05, 0) is 38.9 Å².